The highest BCUT2D eigenvalue weighted by Gasteiger charge is 1.89. The van der Waals surface area contributed by atoms with Gasteiger partial charge in [-0.2, -0.15) is 12.6 Å². The molecular formula is C13H30O2S. The second-order valence-corrected chi connectivity index (χ2v) is 4.68. The lowest BCUT2D eigenvalue weighted by atomic mass is 10.1. The monoisotopic (exact) mass is 250 g/mol. The molecule has 0 saturated carbocycles. The zero-order valence-electron chi connectivity index (χ0n) is 11.0. The number of aliphatic hydroxyl groups excluding tert-OH is 2. The summed E-state index contributed by atoms with van der Waals surface area (Å²) in [5.41, 5.74) is 0. The fourth-order valence-corrected chi connectivity index (χ4v) is 1.47. The topological polar surface area (TPSA) is 40.5 Å². The van der Waals surface area contributed by atoms with Crippen molar-refractivity contribution in [1.29, 1.82) is 0 Å². The summed E-state index contributed by atoms with van der Waals surface area (Å²) in [6, 6.07) is 0. The maximum atomic E-state index is 8.11. The highest BCUT2D eigenvalue weighted by atomic mass is 32.1. The van der Waals surface area contributed by atoms with E-state index in [1.165, 1.54) is 58.3 Å². The standard InChI is InChI=1S/C10H22S.C3H8O2/c1-2-3-4-5-6-7-8-9-10-11;1-3(5)2-4/h11H,2-10H2,1H3;3-5H,2H2,1H3. The van der Waals surface area contributed by atoms with E-state index < -0.39 is 6.10 Å². The molecular weight excluding hydrogens is 220 g/mol. The van der Waals surface area contributed by atoms with Crippen molar-refractivity contribution < 1.29 is 10.2 Å². The first-order valence-corrected chi connectivity index (χ1v) is 7.22. The summed E-state index contributed by atoms with van der Waals surface area (Å²) in [5.74, 6) is 1.06. The third-order valence-corrected chi connectivity index (χ3v) is 2.59. The second-order valence-electron chi connectivity index (χ2n) is 4.23. The van der Waals surface area contributed by atoms with Crippen molar-refractivity contribution in [1.82, 2.24) is 0 Å². The van der Waals surface area contributed by atoms with Crippen LogP contribution in [-0.2, 0) is 0 Å². The molecule has 0 amide bonds. The summed E-state index contributed by atoms with van der Waals surface area (Å²) in [6.07, 6.45) is 10.7. The summed E-state index contributed by atoms with van der Waals surface area (Å²) in [7, 11) is 0. The van der Waals surface area contributed by atoms with Crippen molar-refractivity contribution in [2.24, 2.45) is 0 Å². The predicted molar refractivity (Wildman–Crippen MR) is 75.2 cm³/mol. The molecule has 16 heavy (non-hydrogen) atoms. The minimum atomic E-state index is -0.560. The van der Waals surface area contributed by atoms with Gasteiger partial charge >= 0.3 is 0 Å². The molecule has 1 unspecified atom stereocenters. The van der Waals surface area contributed by atoms with Crippen molar-refractivity contribution in [3.8, 4) is 0 Å². The molecule has 1 atom stereocenters. The van der Waals surface area contributed by atoms with Crippen LogP contribution in [0.5, 0.6) is 0 Å². The van der Waals surface area contributed by atoms with Gasteiger partial charge in [-0.25, -0.2) is 0 Å². The molecule has 0 aromatic carbocycles. The van der Waals surface area contributed by atoms with E-state index in [2.05, 4.69) is 19.6 Å². The molecule has 2 N–H and O–H groups in total. The van der Waals surface area contributed by atoms with Crippen molar-refractivity contribution in [2.75, 3.05) is 12.4 Å². The van der Waals surface area contributed by atoms with Gasteiger partial charge in [-0.3, -0.25) is 0 Å². The molecule has 0 fully saturated rings. The minimum absolute atomic E-state index is 0.139. The van der Waals surface area contributed by atoms with E-state index in [9.17, 15) is 0 Å². The third-order valence-electron chi connectivity index (χ3n) is 2.28. The van der Waals surface area contributed by atoms with Gasteiger partial charge in [0.1, 0.15) is 0 Å². The summed E-state index contributed by atoms with van der Waals surface area (Å²) >= 11 is 4.18. The molecule has 0 aliphatic rings. The first-order chi connectivity index (χ1) is 7.68. The summed E-state index contributed by atoms with van der Waals surface area (Å²) < 4.78 is 0. The smallest absolute Gasteiger partial charge is 0.0742 e. The van der Waals surface area contributed by atoms with Gasteiger partial charge in [0.05, 0.1) is 12.7 Å². The van der Waals surface area contributed by atoms with Gasteiger partial charge in [0.25, 0.3) is 0 Å². The molecule has 0 bridgehead atoms. The van der Waals surface area contributed by atoms with Crippen LogP contribution in [0.3, 0.4) is 0 Å². The lowest BCUT2D eigenvalue weighted by molar-refractivity contribution is 0.110. The molecule has 0 aromatic rings. The van der Waals surface area contributed by atoms with Gasteiger partial charge in [-0.15, -0.1) is 0 Å². The van der Waals surface area contributed by atoms with Crippen LogP contribution in [0.4, 0.5) is 0 Å². The highest BCUT2D eigenvalue weighted by molar-refractivity contribution is 7.80. The number of rotatable bonds is 9. The van der Waals surface area contributed by atoms with Crippen LogP contribution in [0, 0.1) is 0 Å². The van der Waals surface area contributed by atoms with Crippen molar-refractivity contribution in [3.05, 3.63) is 0 Å². The average molecular weight is 250 g/mol. The number of aliphatic hydroxyl groups is 2. The zero-order valence-corrected chi connectivity index (χ0v) is 11.9. The first-order valence-electron chi connectivity index (χ1n) is 6.58. The van der Waals surface area contributed by atoms with E-state index in [1.54, 1.807) is 0 Å². The molecule has 0 radical (unpaired) electrons. The van der Waals surface area contributed by atoms with Gasteiger partial charge in [0.15, 0.2) is 0 Å². The maximum Gasteiger partial charge on any atom is 0.0742 e. The van der Waals surface area contributed by atoms with Crippen molar-refractivity contribution in [3.63, 3.8) is 0 Å². The molecule has 0 spiro atoms. The van der Waals surface area contributed by atoms with E-state index in [0.717, 1.165) is 5.75 Å². The number of thiol groups is 1. The average Bonchev–Trinajstić information content (AvgIpc) is 2.29. The molecule has 0 aliphatic carbocycles. The van der Waals surface area contributed by atoms with Crippen LogP contribution in [0.15, 0.2) is 0 Å². The Labute approximate surface area is 107 Å². The number of unbranched alkanes of at least 4 members (excludes halogenated alkanes) is 7. The molecule has 3 heteroatoms. The molecule has 0 aromatic heterocycles. The first kappa shape index (κ1) is 18.6. The predicted octanol–water partition coefficient (Wildman–Crippen LogP) is 3.42. The maximum absolute atomic E-state index is 8.11. The molecule has 0 heterocycles. The third kappa shape index (κ3) is 23.8. The molecule has 0 saturated heterocycles. The van der Waals surface area contributed by atoms with Gasteiger partial charge in [-0.05, 0) is 19.1 Å². The fraction of sp³-hybridized carbons (Fsp3) is 1.00. The van der Waals surface area contributed by atoms with E-state index in [4.69, 9.17) is 10.2 Å². The lowest BCUT2D eigenvalue weighted by Crippen LogP contribution is -2.03. The Balaban J connectivity index is 0. The van der Waals surface area contributed by atoms with Crippen LogP contribution in [0.25, 0.3) is 0 Å². The second kappa shape index (κ2) is 17.7. The van der Waals surface area contributed by atoms with Crippen LogP contribution >= 0.6 is 12.6 Å². The summed E-state index contributed by atoms with van der Waals surface area (Å²) in [4.78, 5) is 0. The van der Waals surface area contributed by atoms with Crippen molar-refractivity contribution >= 4 is 12.6 Å². The molecule has 0 rings (SSSR count). The fourth-order valence-electron chi connectivity index (χ4n) is 1.25. The lowest BCUT2D eigenvalue weighted by Gasteiger charge is -1.98. The number of hydrogen-bond acceptors (Lipinski definition) is 3. The van der Waals surface area contributed by atoms with Crippen LogP contribution in [-0.4, -0.2) is 28.7 Å². The van der Waals surface area contributed by atoms with Crippen LogP contribution in [0.1, 0.15) is 65.2 Å². The Bertz CT molecular complexity index is 100. The van der Waals surface area contributed by atoms with Gasteiger partial charge in [-0.1, -0.05) is 51.9 Å². The molecule has 2 nitrogen and oxygen atoms in total. The van der Waals surface area contributed by atoms with Crippen LogP contribution < -0.4 is 0 Å². The van der Waals surface area contributed by atoms with Crippen LogP contribution in [0.2, 0.25) is 0 Å². The van der Waals surface area contributed by atoms with E-state index in [1.807, 2.05) is 0 Å². The Kier molecular flexibility index (Phi) is 20.6. The Morgan fingerprint density at radius 3 is 1.62 bits per heavy atom. The highest BCUT2D eigenvalue weighted by Crippen LogP contribution is 2.08. The largest absolute Gasteiger partial charge is 0.394 e. The summed E-state index contributed by atoms with van der Waals surface area (Å²) in [5, 5.41) is 16.0. The molecule has 100 valence electrons. The number of hydrogen-bond donors (Lipinski definition) is 3. The Morgan fingerprint density at radius 1 is 0.938 bits per heavy atom. The Hall–Kier alpha value is 0.270. The van der Waals surface area contributed by atoms with Crippen molar-refractivity contribution in [2.45, 2.75) is 71.3 Å². The van der Waals surface area contributed by atoms with E-state index >= 15 is 0 Å². The zero-order chi connectivity index (χ0) is 12.6. The Morgan fingerprint density at radius 2 is 1.31 bits per heavy atom. The SMILES string of the molecule is CC(O)CO.CCCCCCCCCCS. The normalized spacial score (nSPS) is 11.8. The quantitative estimate of drug-likeness (QED) is 0.433. The molecule has 0 aliphatic heterocycles. The van der Waals surface area contributed by atoms with E-state index in [-0.39, 0.29) is 6.61 Å². The minimum Gasteiger partial charge on any atom is -0.394 e. The van der Waals surface area contributed by atoms with E-state index in [0.29, 0.717) is 0 Å². The van der Waals surface area contributed by atoms with Gasteiger partial charge < -0.3 is 10.2 Å². The van der Waals surface area contributed by atoms with Gasteiger partial charge in [0, 0.05) is 0 Å². The van der Waals surface area contributed by atoms with Gasteiger partial charge in [0.2, 0.25) is 0 Å². The summed E-state index contributed by atoms with van der Waals surface area (Å²) in [6.45, 7) is 3.65.